The molecule has 1 aliphatic rings. The number of carbonyl (C=O) groups is 1. The van der Waals surface area contributed by atoms with Gasteiger partial charge in [-0.3, -0.25) is 4.79 Å². The van der Waals surface area contributed by atoms with Gasteiger partial charge in [0.15, 0.2) is 5.67 Å². The van der Waals surface area contributed by atoms with Gasteiger partial charge in [0.05, 0.1) is 23.2 Å². The Morgan fingerprint density at radius 1 is 1.34 bits per heavy atom. The highest BCUT2D eigenvalue weighted by Crippen LogP contribution is 2.35. The number of aromatic nitrogens is 6. The molecular formula is C22H24FN7O2. The third-order valence-corrected chi connectivity index (χ3v) is 5.76. The molecule has 1 aliphatic heterocycles. The largest absolute Gasteiger partial charge is 0.413 e. The second-order valence-corrected chi connectivity index (χ2v) is 8.82. The number of H-pyrrole nitrogens is 1. The van der Waals surface area contributed by atoms with Gasteiger partial charge < -0.3 is 14.3 Å². The molecular weight excluding hydrogens is 413 g/mol. The zero-order valence-electron chi connectivity index (χ0n) is 18.3. The van der Waals surface area contributed by atoms with Crippen molar-refractivity contribution in [1.82, 2.24) is 34.7 Å². The predicted molar refractivity (Wildman–Crippen MR) is 113 cm³/mol. The number of rotatable bonds is 4. The molecule has 5 heterocycles. The van der Waals surface area contributed by atoms with Crippen molar-refractivity contribution in [1.29, 1.82) is 0 Å². The van der Waals surface area contributed by atoms with Crippen LogP contribution in [0.3, 0.4) is 0 Å². The monoisotopic (exact) mass is 437 g/mol. The van der Waals surface area contributed by atoms with E-state index in [2.05, 4.69) is 40.1 Å². The Balaban J connectivity index is 1.60. The van der Waals surface area contributed by atoms with Crippen molar-refractivity contribution in [2.24, 2.45) is 0 Å². The molecule has 4 aromatic rings. The molecule has 0 bridgehead atoms. The molecule has 10 heteroatoms. The molecule has 9 nitrogen and oxygen atoms in total. The summed E-state index contributed by atoms with van der Waals surface area (Å²) < 4.78 is 21.4. The molecule has 0 aliphatic carbocycles. The first kappa shape index (κ1) is 20.3. The van der Waals surface area contributed by atoms with Crippen molar-refractivity contribution < 1.29 is 13.6 Å². The SMILES string of the molecule is CC(C)c1cccn2nc(C3c4nc[nH]c4CCN3C(=O)c3nnc(C(C)(C)F)o3)cc12. The van der Waals surface area contributed by atoms with E-state index in [1.54, 1.807) is 11.2 Å². The molecule has 0 saturated carbocycles. The van der Waals surface area contributed by atoms with Crippen LogP contribution in [0.2, 0.25) is 0 Å². The molecule has 4 aromatic heterocycles. The Bertz CT molecular complexity index is 1300. The van der Waals surface area contributed by atoms with Crippen molar-refractivity contribution >= 4 is 11.4 Å². The Morgan fingerprint density at radius 3 is 2.88 bits per heavy atom. The first-order chi connectivity index (χ1) is 15.2. The molecule has 0 fully saturated rings. The molecule has 166 valence electrons. The molecule has 1 unspecified atom stereocenters. The molecule has 5 rings (SSSR count). The Morgan fingerprint density at radius 2 is 2.16 bits per heavy atom. The minimum atomic E-state index is -1.84. The van der Waals surface area contributed by atoms with Crippen LogP contribution in [0.1, 0.15) is 78.9 Å². The molecule has 1 amide bonds. The van der Waals surface area contributed by atoms with Crippen LogP contribution in [0.15, 0.2) is 35.1 Å². The fourth-order valence-corrected chi connectivity index (χ4v) is 4.15. The van der Waals surface area contributed by atoms with Gasteiger partial charge in [0, 0.05) is 24.9 Å². The average Bonchev–Trinajstić information content (AvgIpc) is 3.50. The lowest BCUT2D eigenvalue weighted by Crippen LogP contribution is -2.41. The van der Waals surface area contributed by atoms with Gasteiger partial charge in [-0.05, 0) is 37.5 Å². The van der Waals surface area contributed by atoms with Crippen molar-refractivity contribution in [3.8, 4) is 0 Å². The number of pyridine rings is 1. The molecule has 32 heavy (non-hydrogen) atoms. The Hall–Kier alpha value is -3.56. The van der Waals surface area contributed by atoms with Crippen molar-refractivity contribution in [2.45, 2.75) is 51.7 Å². The number of hydrogen-bond donors (Lipinski definition) is 1. The maximum atomic E-state index is 14.2. The number of fused-ring (bicyclic) bond motifs is 2. The van der Waals surface area contributed by atoms with E-state index >= 15 is 0 Å². The number of nitrogens with one attached hydrogen (secondary N) is 1. The van der Waals surface area contributed by atoms with Crippen LogP contribution in [-0.4, -0.2) is 47.1 Å². The standard InChI is InChI=1S/C22H24FN7O2/c1-12(2)13-6-5-8-30-16(13)10-15(28-30)18-17-14(24-11-25-17)7-9-29(18)20(31)19-26-27-21(32-19)22(3,4)23/h5-6,8,10-12,18H,7,9H2,1-4H3,(H,24,25). The maximum Gasteiger partial charge on any atom is 0.312 e. The normalized spacial score (nSPS) is 16.7. The second kappa shape index (κ2) is 7.25. The highest BCUT2D eigenvalue weighted by Gasteiger charge is 2.39. The summed E-state index contributed by atoms with van der Waals surface area (Å²) in [6.07, 6.45) is 4.11. The smallest absolute Gasteiger partial charge is 0.312 e. The summed E-state index contributed by atoms with van der Waals surface area (Å²) in [7, 11) is 0. The van der Waals surface area contributed by atoms with Gasteiger partial charge in [0.25, 0.3) is 5.89 Å². The number of amides is 1. The second-order valence-electron chi connectivity index (χ2n) is 8.82. The lowest BCUT2D eigenvalue weighted by atomic mass is 9.98. The summed E-state index contributed by atoms with van der Waals surface area (Å²) in [5, 5.41) is 12.3. The minimum absolute atomic E-state index is 0.232. The first-order valence-electron chi connectivity index (χ1n) is 10.6. The summed E-state index contributed by atoms with van der Waals surface area (Å²) in [5.41, 5.74) is 2.67. The number of hydrogen-bond acceptors (Lipinski definition) is 6. The van der Waals surface area contributed by atoms with Crippen LogP contribution in [0.4, 0.5) is 4.39 Å². The van der Waals surface area contributed by atoms with Gasteiger partial charge in [-0.1, -0.05) is 19.9 Å². The summed E-state index contributed by atoms with van der Waals surface area (Å²) in [6, 6.07) is 5.50. The molecule has 1 N–H and O–H groups in total. The topological polar surface area (TPSA) is 105 Å². The van der Waals surface area contributed by atoms with E-state index in [1.165, 1.54) is 13.8 Å². The van der Waals surface area contributed by atoms with E-state index in [-0.39, 0.29) is 11.8 Å². The van der Waals surface area contributed by atoms with Gasteiger partial charge in [0.2, 0.25) is 0 Å². The predicted octanol–water partition coefficient (Wildman–Crippen LogP) is 3.56. The van der Waals surface area contributed by atoms with Crippen LogP contribution in [0.25, 0.3) is 5.52 Å². The number of carbonyl (C=O) groups excluding carboxylic acids is 1. The number of alkyl halides is 1. The fraction of sp³-hybridized carbons (Fsp3) is 0.409. The van der Waals surface area contributed by atoms with E-state index in [0.29, 0.717) is 24.6 Å². The van der Waals surface area contributed by atoms with E-state index in [1.807, 2.05) is 22.8 Å². The highest BCUT2D eigenvalue weighted by atomic mass is 19.1. The van der Waals surface area contributed by atoms with E-state index in [9.17, 15) is 9.18 Å². The maximum absolute atomic E-state index is 14.2. The van der Waals surface area contributed by atoms with Gasteiger partial charge in [-0.25, -0.2) is 13.9 Å². The summed E-state index contributed by atoms with van der Waals surface area (Å²) in [6.45, 7) is 7.27. The van der Waals surface area contributed by atoms with Crippen LogP contribution in [0, 0.1) is 0 Å². The van der Waals surface area contributed by atoms with Crippen LogP contribution in [-0.2, 0) is 12.1 Å². The summed E-state index contributed by atoms with van der Waals surface area (Å²) >= 11 is 0. The van der Waals surface area contributed by atoms with Crippen LogP contribution in [0.5, 0.6) is 0 Å². The van der Waals surface area contributed by atoms with Crippen molar-refractivity contribution in [2.75, 3.05) is 6.54 Å². The minimum Gasteiger partial charge on any atom is -0.413 e. The van der Waals surface area contributed by atoms with E-state index < -0.39 is 17.6 Å². The average molecular weight is 437 g/mol. The summed E-state index contributed by atoms with van der Waals surface area (Å²) in [4.78, 5) is 22.6. The van der Waals surface area contributed by atoms with E-state index in [0.717, 1.165) is 22.5 Å². The fourth-order valence-electron chi connectivity index (χ4n) is 4.15. The van der Waals surface area contributed by atoms with Gasteiger partial charge in [-0.15, -0.1) is 10.2 Å². The molecule has 0 radical (unpaired) electrons. The zero-order chi connectivity index (χ0) is 22.6. The first-order valence-corrected chi connectivity index (χ1v) is 10.6. The third kappa shape index (κ3) is 3.26. The molecule has 1 atom stereocenters. The quantitative estimate of drug-likeness (QED) is 0.523. The Kier molecular flexibility index (Phi) is 4.61. The number of nitrogens with zero attached hydrogens (tertiary/aromatic N) is 6. The van der Waals surface area contributed by atoms with Crippen LogP contribution < -0.4 is 0 Å². The van der Waals surface area contributed by atoms with Crippen LogP contribution >= 0.6 is 0 Å². The van der Waals surface area contributed by atoms with Gasteiger partial charge in [-0.2, -0.15) is 5.10 Å². The molecule has 0 spiro atoms. The molecule has 0 aromatic carbocycles. The Labute approximate surface area is 183 Å². The highest BCUT2D eigenvalue weighted by molar-refractivity contribution is 5.90. The van der Waals surface area contributed by atoms with Gasteiger partial charge in [0.1, 0.15) is 6.04 Å². The number of halogens is 1. The lowest BCUT2D eigenvalue weighted by Gasteiger charge is -2.32. The molecule has 0 saturated heterocycles. The number of imidazole rings is 1. The van der Waals surface area contributed by atoms with Crippen molar-refractivity contribution in [3.05, 3.63) is 65.1 Å². The third-order valence-electron chi connectivity index (χ3n) is 5.76. The number of aromatic amines is 1. The summed E-state index contributed by atoms with van der Waals surface area (Å²) in [5.74, 6) is -0.646. The zero-order valence-corrected chi connectivity index (χ0v) is 18.3. The van der Waals surface area contributed by atoms with Crippen molar-refractivity contribution in [3.63, 3.8) is 0 Å². The van der Waals surface area contributed by atoms with E-state index in [4.69, 9.17) is 9.52 Å². The lowest BCUT2D eigenvalue weighted by molar-refractivity contribution is 0.0636. The van der Waals surface area contributed by atoms with Gasteiger partial charge >= 0.3 is 11.8 Å².